The van der Waals surface area contributed by atoms with E-state index >= 15 is 0 Å². The summed E-state index contributed by atoms with van der Waals surface area (Å²) in [6.45, 7) is 3.87. The average Bonchev–Trinajstić information content (AvgIpc) is 3.34. The van der Waals surface area contributed by atoms with Crippen molar-refractivity contribution < 1.29 is 19.1 Å². The van der Waals surface area contributed by atoms with Crippen molar-refractivity contribution in [2.75, 3.05) is 13.7 Å². The molecule has 0 radical (unpaired) electrons. The van der Waals surface area contributed by atoms with Gasteiger partial charge in [-0.1, -0.05) is 12.8 Å². The van der Waals surface area contributed by atoms with Crippen LogP contribution in [0.25, 0.3) is 0 Å². The lowest BCUT2D eigenvalue weighted by atomic mass is 9.78. The zero-order chi connectivity index (χ0) is 17.0. The van der Waals surface area contributed by atoms with Crippen LogP contribution in [0, 0.1) is 11.8 Å². The number of ether oxygens (including phenoxy) is 1. The summed E-state index contributed by atoms with van der Waals surface area (Å²) < 4.78 is 4.86. The Morgan fingerprint density at radius 2 is 1.70 bits per heavy atom. The Bertz CT molecular complexity index is 460. The van der Waals surface area contributed by atoms with Gasteiger partial charge < -0.3 is 15.0 Å². The zero-order valence-electron chi connectivity index (χ0n) is 14.3. The summed E-state index contributed by atoms with van der Waals surface area (Å²) in [7, 11) is 1.36. The van der Waals surface area contributed by atoms with Crippen LogP contribution in [0.15, 0.2) is 0 Å². The Labute approximate surface area is 137 Å². The van der Waals surface area contributed by atoms with Crippen LogP contribution in [-0.4, -0.2) is 48.4 Å². The zero-order valence-corrected chi connectivity index (χ0v) is 14.3. The first-order valence-electron chi connectivity index (χ1n) is 8.61. The van der Waals surface area contributed by atoms with Crippen LogP contribution in [0.1, 0.15) is 52.4 Å². The van der Waals surface area contributed by atoms with Crippen LogP contribution in [0.4, 0.5) is 0 Å². The number of amides is 2. The van der Waals surface area contributed by atoms with E-state index in [1.807, 2.05) is 13.8 Å². The summed E-state index contributed by atoms with van der Waals surface area (Å²) in [5.41, 5.74) is 0. The molecule has 2 aliphatic rings. The Morgan fingerprint density at radius 1 is 1.09 bits per heavy atom. The molecular weight excluding hydrogens is 296 g/mol. The molecule has 0 aromatic rings. The summed E-state index contributed by atoms with van der Waals surface area (Å²) in [5, 5.41) is 2.92. The molecule has 2 atom stereocenters. The molecule has 0 aromatic heterocycles. The number of methoxy groups -OCH3 is 1. The van der Waals surface area contributed by atoms with Crippen LogP contribution < -0.4 is 5.32 Å². The number of rotatable bonds is 6. The maximum absolute atomic E-state index is 12.9. The molecule has 6 nitrogen and oxygen atoms in total. The van der Waals surface area contributed by atoms with Gasteiger partial charge in [0.1, 0.15) is 0 Å². The van der Waals surface area contributed by atoms with Gasteiger partial charge in [0.25, 0.3) is 0 Å². The van der Waals surface area contributed by atoms with Crippen molar-refractivity contribution in [3.8, 4) is 0 Å². The first-order chi connectivity index (χ1) is 10.9. The van der Waals surface area contributed by atoms with Gasteiger partial charge >= 0.3 is 5.97 Å². The Balaban J connectivity index is 2.04. The SMILES string of the molecule is COC(=O)[C@@H]1CCCC[C@@H]1C(=O)N(CC(=O)NC1CC1)C(C)C. The van der Waals surface area contributed by atoms with Gasteiger partial charge in [0.15, 0.2) is 0 Å². The highest BCUT2D eigenvalue weighted by Crippen LogP contribution is 2.32. The van der Waals surface area contributed by atoms with Crippen LogP contribution in [0.2, 0.25) is 0 Å². The van der Waals surface area contributed by atoms with Crippen molar-refractivity contribution in [1.82, 2.24) is 10.2 Å². The molecule has 2 rings (SSSR count). The average molecular weight is 324 g/mol. The van der Waals surface area contributed by atoms with Gasteiger partial charge in [-0.2, -0.15) is 0 Å². The molecule has 0 unspecified atom stereocenters. The molecule has 0 heterocycles. The highest BCUT2D eigenvalue weighted by Gasteiger charge is 2.39. The lowest BCUT2D eigenvalue weighted by Gasteiger charge is -2.35. The summed E-state index contributed by atoms with van der Waals surface area (Å²) in [6, 6.07) is 0.205. The predicted molar refractivity (Wildman–Crippen MR) is 85.5 cm³/mol. The fourth-order valence-electron chi connectivity index (χ4n) is 3.24. The predicted octanol–water partition coefficient (Wildman–Crippen LogP) is 1.48. The quantitative estimate of drug-likeness (QED) is 0.751. The second-order valence-electron chi connectivity index (χ2n) is 6.92. The molecule has 130 valence electrons. The molecule has 2 fully saturated rings. The summed E-state index contributed by atoms with van der Waals surface area (Å²) >= 11 is 0. The van der Waals surface area contributed by atoms with Gasteiger partial charge in [-0.15, -0.1) is 0 Å². The van der Waals surface area contributed by atoms with E-state index in [0.717, 1.165) is 25.7 Å². The highest BCUT2D eigenvalue weighted by atomic mass is 16.5. The third kappa shape index (κ3) is 4.69. The molecule has 0 spiro atoms. The maximum Gasteiger partial charge on any atom is 0.309 e. The molecular formula is C17H28N2O4. The normalized spacial score (nSPS) is 24.2. The number of hydrogen-bond acceptors (Lipinski definition) is 4. The number of nitrogens with zero attached hydrogens (tertiary/aromatic N) is 1. The monoisotopic (exact) mass is 324 g/mol. The molecule has 2 aliphatic carbocycles. The van der Waals surface area contributed by atoms with Crippen molar-refractivity contribution in [3.63, 3.8) is 0 Å². The van der Waals surface area contributed by atoms with Crippen molar-refractivity contribution >= 4 is 17.8 Å². The molecule has 23 heavy (non-hydrogen) atoms. The fourth-order valence-corrected chi connectivity index (χ4v) is 3.24. The van der Waals surface area contributed by atoms with Gasteiger partial charge in [-0.05, 0) is 39.5 Å². The third-order valence-corrected chi connectivity index (χ3v) is 4.75. The summed E-state index contributed by atoms with van der Waals surface area (Å²) in [5.74, 6) is -1.27. The minimum Gasteiger partial charge on any atom is -0.469 e. The van der Waals surface area contributed by atoms with Crippen LogP contribution in [-0.2, 0) is 19.1 Å². The summed E-state index contributed by atoms with van der Waals surface area (Å²) in [4.78, 5) is 38.6. The van der Waals surface area contributed by atoms with Gasteiger partial charge in [0.05, 0.1) is 25.5 Å². The topological polar surface area (TPSA) is 75.7 Å². The second kappa shape index (κ2) is 7.79. The van der Waals surface area contributed by atoms with E-state index in [2.05, 4.69) is 5.32 Å². The van der Waals surface area contributed by atoms with Gasteiger partial charge in [-0.3, -0.25) is 14.4 Å². The molecule has 0 aromatic carbocycles. The molecule has 2 amide bonds. The first kappa shape index (κ1) is 17.8. The minimum absolute atomic E-state index is 0.0669. The standard InChI is InChI=1S/C17H28N2O4/c1-11(2)19(10-15(20)18-12-8-9-12)16(21)13-6-4-5-7-14(13)17(22)23-3/h11-14H,4-10H2,1-3H3,(H,18,20)/t13-,14+/m0/s1. The Kier molecular flexibility index (Phi) is 6.02. The van der Waals surface area contributed by atoms with Gasteiger partial charge in [-0.25, -0.2) is 0 Å². The molecule has 0 bridgehead atoms. The third-order valence-electron chi connectivity index (χ3n) is 4.75. The van der Waals surface area contributed by atoms with E-state index in [-0.39, 0.29) is 48.2 Å². The van der Waals surface area contributed by atoms with E-state index in [4.69, 9.17) is 4.74 Å². The lowest BCUT2D eigenvalue weighted by molar-refractivity contribution is -0.156. The summed E-state index contributed by atoms with van der Waals surface area (Å²) in [6.07, 6.45) is 5.29. The van der Waals surface area contributed by atoms with E-state index in [1.165, 1.54) is 7.11 Å². The maximum atomic E-state index is 12.9. The number of carbonyl (C=O) groups excluding carboxylic acids is 3. The lowest BCUT2D eigenvalue weighted by Crippen LogP contribution is -2.49. The number of esters is 1. The molecule has 6 heteroatoms. The molecule has 0 saturated heterocycles. The van der Waals surface area contributed by atoms with E-state index in [9.17, 15) is 14.4 Å². The Hall–Kier alpha value is -1.59. The van der Waals surface area contributed by atoms with Gasteiger partial charge in [0.2, 0.25) is 11.8 Å². The van der Waals surface area contributed by atoms with E-state index < -0.39 is 0 Å². The van der Waals surface area contributed by atoms with Crippen molar-refractivity contribution in [2.24, 2.45) is 11.8 Å². The molecule has 1 N–H and O–H groups in total. The second-order valence-corrected chi connectivity index (χ2v) is 6.92. The number of carbonyl (C=O) groups is 3. The van der Waals surface area contributed by atoms with Crippen LogP contribution >= 0.6 is 0 Å². The van der Waals surface area contributed by atoms with Crippen molar-refractivity contribution in [3.05, 3.63) is 0 Å². The minimum atomic E-state index is -0.381. The fraction of sp³-hybridized carbons (Fsp3) is 0.824. The smallest absolute Gasteiger partial charge is 0.309 e. The number of nitrogens with one attached hydrogen (secondary N) is 1. The molecule has 2 saturated carbocycles. The Morgan fingerprint density at radius 3 is 2.22 bits per heavy atom. The first-order valence-corrected chi connectivity index (χ1v) is 8.61. The number of hydrogen-bond donors (Lipinski definition) is 1. The highest BCUT2D eigenvalue weighted by molar-refractivity contribution is 5.89. The van der Waals surface area contributed by atoms with Crippen LogP contribution in [0.5, 0.6) is 0 Å². The van der Waals surface area contributed by atoms with Crippen molar-refractivity contribution in [1.29, 1.82) is 0 Å². The van der Waals surface area contributed by atoms with Crippen LogP contribution in [0.3, 0.4) is 0 Å². The largest absolute Gasteiger partial charge is 0.469 e. The van der Waals surface area contributed by atoms with Crippen molar-refractivity contribution in [2.45, 2.75) is 64.5 Å². The van der Waals surface area contributed by atoms with Gasteiger partial charge in [0, 0.05) is 12.1 Å². The van der Waals surface area contributed by atoms with E-state index in [1.54, 1.807) is 4.90 Å². The van der Waals surface area contributed by atoms with E-state index in [0.29, 0.717) is 12.8 Å². The molecule has 0 aliphatic heterocycles.